The molecule has 0 amide bonds. The second kappa shape index (κ2) is 4.91. The molecule has 1 aliphatic heterocycles. The van der Waals surface area contributed by atoms with Gasteiger partial charge in [0.25, 0.3) is 0 Å². The van der Waals surface area contributed by atoms with Gasteiger partial charge in [-0.3, -0.25) is 0 Å². The molecule has 9 heteroatoms. The molecule has 1 fully saturated rings. The van der Waals surface area contributed by atoms with Crippen molar-refractivity contribution in [3.05, 3.63) is 10.6 Å². The van der Waals surface area contributed by atoms with Crippen LogP contribution in [-0.4, -0.2) is 48.0 Å². The standard InChI is InChI=1S/C8H10Cl2N4O2S/c9-6-11-7(10)13-8(12-6)14-2-1-4-17(15,16)5-3-14/h1-5H2. The first-order valence-corrected chi connectivity index (χ1v) is 7.56. The first-order chi connectivity index (χ1) is 7.96. The highest BCUT2D eigenvalue weighted by atomic mass is 35.5. The predicted molar refractivity (Wildman–Crippen MR) is 65.3 cm³/mol. The topological polar surface area (TPSA) is 76.1 Å². The van der Waals surface area contributed by atoms with Crippen molar-refractivity contribution < 1.29 is 8.42 Å². The fraction of sp³-hybridized carbons (Fsp3) is 0.625. The van der Waals surface area contributed by atoms with E-state index in [4.69, 9.17) is 23.2 Å². The third-order valence-corrected chi connectivity index (χ3v) is 4.46. The molecule has 1 aromatic rings. The van der Waals surface area contributed by atoms with Gasteiger partial charge in [0.1, 0.15) is 0 Å². The minimum Gasteiger partial charge on any atom is -0.340 e. The summed E-state index contributed by atoms with van der Waals surface area (Å²) in [7, 11) is -2.96. The zero-order valence-electron chi connectivity index (χ0n) is 8.81. The van der Waals surface area contributed by atoms with Gasteiger partial charge in [0, 0.05) is 13.1 Å². The van der Waals surface area contributed by atoms with Crippen LogP contribution in [-0.2, 0) is 9.84 Å². The molecule has 6 nitrogen and oxygen atoms in total. The molecule has 0 unspecified atom stereocenters. The Morgan fingerprint density at radius 1 is 1.00 bits per heavy atom. The van der Waals surface area contributed by atoms with E-state index in [1.54, 1.807) is 4.90 Å². The Bertz CT molecular complexity index is 502. The SMILES string of the molecule is O=S1(=O)CCCN(c2nc(Cl)nc(Cl)n2)CC1. The lowest BCUT2D eigenvalue weighted by molar-refractivity contribution is 0.597. The fourth-order valence-corrected chi connectivity index (χ4v) is 3.22. The third-order valence-electron chi connectivity index (χ3n) is 2.41. The molecule has 2 rings (SSSR count). The van der Waals surface area contributed by atoms with Gasteiger partial charge in [0.05, 0.1) is 11.5 Å². The van der Waals surface area contributed by atoms with Crippen molar-refractivity contribution in [2.45, 2.75) is 6.42 Å². The number of rotatable bonds is 1. The molecule has 0 radical (unpaired) electrons. The molecular formula is C8H10Cl2N4O2S. The van der Waals surface area contributed by atoms with Gasteiger partial charge >= 0.3 is 0 Å². The summed E-state index contributed by atoms with van der Waals surface area (Å²) in [5, 5.41) is 0.0132. The minimum atomic E-state index is -2.96. The molecule has 1 saturated heterocycles. The van der Waals surface area contributed by atoms with Crippen LogP contribution < -0.4 is 4.90 Å². The molecular weight excluding hydrogens is 287 g/mol. The van der Waals surface area contributed by atoms with Crippen molar-refractivity contribution in [2.75, 3.05) is 29.5 Å². The molecule has 2 heterocycles. The lowest BCUT2D eigenvalue weighted by Gasteiger charge is -2.19. The Labute approximate surface area is 109 Å². The number of halogens is 2. The van der Waals surface area contributed by atoms with Crippen LogP contribution in [0.25, 0.3) is 0 Å². The number of sulfone groups is 1. The molecule has 1 aromatic heterocycles. The molecule has 0 spiro atoms. The van der Waals surface area contributed by atoms with Gasteiger partial charge < -0.3 is 4.90 Å². The Hall–Kier alpha value is -0.660. The van der Waals surface area contributed by atoms with E-state index in [9.17, 15) is 8.42 Å². The number of hydrogen-bond donors (Lipinski definition) is 0. The van der Waals surface area contributed by atoms with Crippen LogP contribution in [0.1, 0.15) is 6.42 Å². The Kier molecular flexibility index (Phi) is 3.70. The van der Waals surface area contributed by atoms with E-state index in [2.05, 4.69) is 15.0 Å². The first-order valence-electron chi connectivity index (χ1n) is 4.99. The summed E-state index contributed by atoms with van der Waals surface area (Å²) in [6, 6.07) is 0. The van der Waals surface area contributed by atoms with Crippen LogP contribution in [0, 0.1) is 0 Å². The first kappa shape index (κ1) is 12.8. The largest absolute Gasteiger partial charge is 0.340 e. The van der Waals surface area contributed by atoms with Crippen molar-refractivity contribution in [1.82, 2.24) is 15.0 Å². The van der Waals surface area contributed by atoms with Crippen LogP contribution in [0.2, 0.25) is 10.6 Å². The Balaban J connectivity index is 2.22. The summed E-state index contributed by atoms with van der Waals surface area (Å²) in [6.45, 7) is 0.912. The van der Waals surface area contributed by atoms with Gasteiger partial charge in [-0.15, -0.1) is 0 Å². The van der Waals surface area contributed by atoms with Crippen LogP contribution in [0.3, 0.4) is 0 Å². The van der Waals surface area contributed by atoms with Gasteiger partial charge in [0.15, 0.2) is 9.84 Å². The van der Waals surface area contributed by atoms with E-state index in [0.29, 0.717) is 25.5 Å². The molecule has 94 valence electrons. The fourth-order valence-electron chi connectivity index (χ4n) is 1.60. The van der Waals surface area contributed by atoms with Crippen molar-refractivity contribution in [2.24, 2.45) is 0 Å². The zero-order valence-corrected chi connectivity index (χ0v) is 11.1. The van der Waals surface area contributed by atoms with E-state index in [1.807, 2.05) is 0 Å². The van der Waals surface area contributed by atoms with Gasteiger partial charge in [-0.2, -0.15) is 15.0 Å². The van der Waals surface area contributed by atoms with Gasteiger partial charge in [-0.1, -0.05) is 0 Å². The summed E-state index contributed by atoms with van der Waals surface area (Å²) in [5.74, 6) is 0.608. The number of hydrogen-bond acceptors (Lipinski definition) is 6. The van der Waals surface area contributed by atoms with E-state index in [1.165, 1.54) is 0 Å². The molecule has 1 aliphatic rings. The van der Waals surface area contributed by atoms with Crippen LogP contribution in [0.5, 0.6) is 0 Å². The third kappa shape index (κ3) is 3.40. The maximum atomic E-state index is 11.4. The monoisotopic (exact) mass is 296 g/mol. The normalized spacial score (nSPS) is 20.0. The molecule has 0 N–H and O–H groups in total. The van der Waals surface area contributed by atoms with E-state index >= 15 is 0 Å². The number of nitrogens with zero attached hydrogens (tertiary/aromatic N) is 4. The van der Waals surface area contributed by atoms with Gasteiger partial charge in [-0.25, -0.2) is 8.42 Å². The number of anilines is 1. The molecule has 0 bridgehead atoms. The summed E-state index contributed by atoms with van der Waals surface area (Å²) >= 11 is 11.3. The van der Waals surface area contributed by atoms with Crippen LogP contribution >= 0.6 is 23.2 Å². The van der Waals surface area contributed by atoms with Crippen molar-refractivity contribution in [3.63, 3.8) is 0 Å². The van der Waals surface area contributed by atoms with Crippen LogP contribution in [0.4, 0.5) is 5.95 Å². The highest BCUT2D eigenvalue weighted by molar-refractivity contribution is 7.91. The zero-order chi connectivity index (χ0) is 12.5. The molecule has 17 heavy (non-hydrogen) atoms. The quantitative estimate of drug-likeness (QED) is 0.763. The summed E-state index contributed by atoms with van der Waals surface area (Å²) < 4.78 is 22.9. The van der Waals surface area contributed by atoms with Gasteiger partial charge in [0.2, 0.25) is 16.5 Å². The molecule has 0 aliphatic carbocycles. The second-order valence-electron chi connectivity index (χ2n) is 3.67. The molecule has 0 saturated carbocycles. The van der Waals surface area contributed by atoms with Crippen LogP contribution in [0.15, 0.2) is 0 Å². The maximum absolute atomic E-state index is 11.4. The second-order valence-corrected chi connectivity index (χ2v) is 6.65. The van der Waals surface area contributed by atoms with Crippen molar-refractivity contribution in [1.29, 1.82) is 0 Å². The van der Waals surface area contributed by atoms with E-state index in [0.717, 1.165) is 0 Å². The Morgan fingerprint density at radius 2 is 1.65 bits per heavy atom. The predicted octanol–water partition coefficient (Wildman–Crippen LogP) is 0.803. The smallest absolute Gasteiger partial charge is 0.230 e. The average Bonchev–Trinajstić information content (AvgIpc) is 2.38. The molecule has 0 atom stereocenters. The average molecular weight is 297 g/mol. The summed E-state index contributed by atoms with van der Waals surface area (Å²) in [4.78, 5) is 13.3. The highest BCUT2D eigenvalue weighted by Gasteiger charge is 2.21. The molecule has 0 aromatic carbocycles. The highest BCUT2D eigenvalue weighted by Crippen LogP contribution is 2.16. The van der Waals surface area contributed by atoms with Crippen molar-refractivity contribution in [3.8, 4) is 0 Å². The van der Waals surface area contributed by atoms with E-state index in [-0.39, 0.29) is 22.1 Å². The van der Waals surface area contributed by atoms with E-state index < -0.39 is 9.84 Å². The summed E-state index contributed by atoms with van der Waals surface area (Å²) in [5.41, 5.74) is 0. The maximum Gasteiger partial charge on any atom is 0.230 e. The van der Waals surface area contributed by atoms with Crippen molar-refractivity contribution >= 4 is 39.0 Å². The summed E-state index contributed by atoms with van der Waals surface area (Å²) in [6.07, 6.45) is 0.545. The van der Waals surface area contributed by atoms with Gasteiger partial charge in [-0.05, 0) is 29.6 Å². The lowest BCUT2D eigenvalue weighted by Crippen LogP contribution is -2.28. The lowest BCUT2D eigenvalue weighted by atomic mass is 10.4. The number of aromatic nitrogens is 3. The Morgan fingerprint density at radius 3 is 2.29 bits per heavy atom. The minimum absolute atomic E-state index is 0.00658.